The zero-order chi connectivity index (χ0) is 18.7. The van der Waals surface area contributed by atoms with Gasteiger partial charge in [-0.1, -0.05) is 17.7 Å². The van der Waals surface area contributed by atoms with Crippen molar-refractivity contribution in [1.82, 2.24) is 4.57 Å². The standard InChI is InChI=1S/C19H18ClN3O3/c1-12-16(9-21)18(24)23(11-15-6-3-7-26-15)19(25)17(12)10-22-14-5-2-4-13(20)8-14/h2,4-5,8,10,15,25H,3,6-7,11H2,1H3. The van der Waals surface area contributed by atoms with Crippen LogP contribution >= 0.6 is 11.6 Å². The lowest BCUT2D eigenvalue weighted by Crippen LogP contribution is -2.29. The Morgan fingerprint density at radius 1 is 1.54 bits per heavy atom. The van der Waals surface area contributed by atoms with Crippen molar-refractivity contribution in [1.29, 1.82) is 5.26 Å². The van der Waals surface area contributed by atoms with Crippen LogP contribution in [0.15, 0.2) is 34.1 Å². The lowest BCUT2D eigenvalue weighted by atomic mass is 10.1. The summed E-state index contributed by atoms with van der Waals surface area (Å²) in [6.07, 6.45) is 3.03. The number of hydrogen-bond donors (Lipinski definition) is 1. The fourth-order valence-electron chi connectivity index (χ4n) is 2.98. The minimum absolute atomic E-state index is 0.00617. The minimum Gasteiger partial charge on any atom is -0.494 e. The summed E-state index contributed by atoms with van der Waals surface area (Å²) in [5.74, 6) is -0.215. The van der Waals surface area contributed by atoms with Crippen molar-refractivity contribution >= 4 is 23.5 Å². The number of aromatic hydroxyl groups is 1. The maximum Gasteiger partial charge on any atom is 0.271 e. The number of nitriles is 1. The van der Waals surface area contributed by atoms with Crippen molar-refractivity contribution in [3.8, 4) is 11.9 Å². The van der Waals surface area contributed by atoms with Crippen LogP contribution in [0.25, 0.3) is 0 Å². The molecule has 0 saturated carbocycles. The van der Waals surface area contributed by atoms with Gasteiger partial charge in [0.1, 0.15) is 11.6 Å². The van der Waals surface area contributed by atoms with Gasteiger partial charge in [-0.05, 0) is 43.5 Å². The van der Waals surface area contributed by atoms with Crippen molar-refractivity contribution in [2.24, 2.45) is 4.99 Å². The quantitative estimate of drug-likeness (QED) is 0.835. The van der Waals surface area contributed by atoms with Gasteiger partial charge in [-0.15, -0.1) is 0 Å². The van der Waals surface area contributed by atoms with Gasteiger partial charge >= 0.3 is 0 Å². The van der Waals surface area contributed by atoms with Crippen LogP contribution in [0.3, 0.4) is 0 Å². The van der Waals surface area contributed by atoms with Gasteiger partial charge in [0.05, 0.1) is 23.9 Å². The van der Waals surface area contributed by atoms with E-state index < -0.39 is 5.56 Å². The fraction of sp³-hybridized carbons (Fsp3) is 0.316. The van der Waals surface area contributed by atoms with Crippen molar-refractivity contribution in [2.75, 3.05) is 6.61 Å². The van der Waals surface area contributed by atoms with Gasteiger partial charge in [0.25, 0.3) is 5.56 Å². The first-order valence-corrected chi connectivity index (χ1v) is 8.66. The molecule has 0 amide bonds. The molecule has 6 nitrogen and oxygen atoms in total. The molecule has 1 saturated heterocycles. The van der Waals surface area contributed by atoms with Crippen molar-refractivity contribution < 1.29 is 9.84 Å². The summed E-state index contributed by atoms with van der Waals surface area (Å²) in [5, 5.41) is 20.6. The molecule has 3 rings (SSSR count). The highest BCUT2D eigenvalue weighted by atomic mass is 35.5. The SMILES string of the molecule is Cc1c(C=Nc2cccc(Cl)c2)c(O)n(CC2CCCO2)c(=O)c1C#N. The van der Waals surface area contributed by atoms with Crippen molar-refractivity contribution in [2.45, 2.75) is 32.4 Å². The zero-order valence-electron chi connectivity index (χ0n) is 14.3. The van der Waals surface area contributed by atoms with Crippen LogP contribution in [0, 0.1) is 18.3 Å². The third kappa shape index (κ3) is 3.64. The molecule has 1 unspecified atom stereocenters. The number of hydrogen-bond acceptors (Lipinski definition) is 5. The second kappa shape index (κ2) is 7.73. The van der Waals surface area contributed by atoms with Crippen LogP contribution in [0.4, 0.5) is 5.69 Å². The summed E-state index contributed by atoms with van der Waals surface area (Å²) in [6.45, 7) is 2.47. The van der Waals surface area contributed by atoms with Gasteiger partial charge in [-0.2, -0.15) is 5.26 Å². The number of halogens is 1. The maximum absolute atomic E-state index is 12.6. The highest BCUT2D eigenvalue weighted by Gasteiger charge is 2.22. The average molecular weight is 372 g/mol. The van der Waals surface area contributed by atoms with Crippen molar-refractivity contribution in [3.63, 3.8) is 0 Å². The Morgan fingerprint density at radius 2 is 2.35 bits per heavy atom. The van der Waals surface area contributed by atoms with Crippen molar-refractivity contribution in [3.05, 3.63) is 56.3 Å². The van der Waals surface area contributed by atoms with E-state index in [1.807, 2.05) is 6.07 Å². The van der Waals surface area contributed by atoms with Crippen LogP contribution in [-0.4, -0.2) is 28.6 Å². The number of ether oxygens (including phenoxy) is 1. The highest BCUT2D eigenvalue weighted by molar-refractivity contribution is 6.30. The van der Waals surface area contributed by atoms with E-state index in [0.29, 0.717) is 28.4 Å². The molecule has 1 fully saturated rings. The Kier molecular flexibility index (Phi) is 5.40. The van der Waals surface area contributed by atoms with Gasteiger partial charge in [-0.25, -0.2) is 0 Å². The molecule has 2 aromatic rings. The van der Waals surface area contributed by atoms with Gasteiger partial charge in [-0.3, -0.25) is 14.4 Å². The number of benzene rings is 1. The molecule has 134 valence electrons. The topological polar surface area (TPSA) is 87.6 Å². The van der Waals surface area contributed by atoms with E-state index in [-0.39, 0.29) is 24.1 Å². The van der Waals surface area contributed by atoms with Crippen LogP contribution in [0.5, 0.6) is 5.88 Å². The Balaban J connectivity index is 2.06. The molecule has 0 aliphatic carbocycles. The first-order chi connectivity index (χ1) is 12.5. The van der Waals surface area contributed by atoms with E-state index in [0.717, 1.165) is 12.8 Å². The summed E-state index contributed by atoms with van der Waals surface area (Å²) in [6, 6.07) is 8.88. The molecule has 2 heterocycles. The summed E-state index contributed by atoms with van der Waals surface area (Å²) in [5.41, 5.74) is 0.807. The second-order valence-corrected chi connectivity index (χ2v) is 6.57. The average Bonchev–Trinajstić information content (AvgIpc) is 3.12. The first-order valence-electron chi connectivity index (χ1n) is 8.29. The molecule has 0 spiro atoms. The Hall–Kier alpha value is -2.62. The van der Waals surface area contributed by atoms with Crippen LogP contribution in [0.2, 0.25) is 5.02 Å². The third-order valence-corrected chi connectivity index (χ3v) is 4.64. The van der Waals surface area contributed by atoms with Crippen LogP contribution in [-0.2, 0) is 11.3 Å². The molecular formula is C19H18ClN3O3. The molecule has 1 aliphatic heterocycles. The highest BCUT2D eigenvalue weighted by Crippen LogP contribution is 2.24. The molecule has 1 aromatic heterocycles. The normalized spacial score (nSPS) is 16.9. The predicted molar refractivity (Wildman–Crippen MR) is 99.5 cm³/mol. The van der Waals surface area contributed by atoms with E-state index in [2.05, 4.69) is 4.99 Å². The third-order valence-electron chi connectivity index (χ3n) is 4.41. The lowest BCUT2D eigenvalue weighted by molar-refractivity contribution is 0.0938. The number of nitrogens with zero attached hydrogens (tertiary/aromatic N) is 3. The Bertz CT molecular complexity index is 954. The number of aromatic nitrogens is 1. The number of pyridine rings is 1. The Morgan fingerprint density at radius 3 is 3.00 bits per heavy atom. The first kappa shape index (κ1) is 18.2. The Labute approximate surface area is 155 Å². The molecule has 1 N–H and O–H groups in total. The summed E-state index contributed by atoms with van der Waals surface area (Å²) in [7, 11) is 0. The lowest BCUT2D eigenvalue weighted by Gasteiger charge is -2.17. The maximum atomic E-state index is 12.6. The van der Waals surface area contributed by atoms with E-state index in [1.165, 1.54) is 10.8 Å². The van der Waals surface area contributed by atoms with Crippen LogP contribution < -0.4 is 5.56 Å². The number of rotatable bonds is 4. The predicted octanol–water partition coefficient (Wildman–Crippen LogP) is 3.32. The van der Waals surface area contributed by atoms with Gasteiger partial charge in [0.2, 0.25) is 5.88 Å². The minimum atomic E-state index is -0.516. The molecule has 0 bridgehead atoms. The van der Waals surface area contributed by atoms with E-state index in [4.69, 9.17) is 16.3 Å². The molecule has 26 heavy (non-hydrogen) atoms. The van der Waals surface area contributed by atoms with Gasteiger partial charge in [0.15, 0.2) is 0 Å². The van der Waals surface area contributed by atoms with E-state index >= 15 is 0 Å². The smallest absolute Gasteiger partial charge is 0.271 e. The van der Waals surface area contributed by atoms with E-state index in [1.54, 1.807) is 31.2 Å². The zero-order valence-corrected chi connectivity index (χ0v) is 15.0. The largest absolute Gasteiger partial charge is 0.494 e. The molecule has 0 radical (unpaired) electrons. The van der Waals surface area contributed by atoms with Gasteiger partial charge < -0.3 is 9.84 Å². The summed E-state index contributed by atoms with van der Waals surface area (Å²) >= 11 is 5.95. The number of aliphatic imine (C=N–C) groups is 1. The summed E-state index contributed by atoms with van der Waals surface area (Å²) < 4.78 is 6.75. The molecule has 7 heteroatoms. The van der Waals surface area contributed by atoms with Gasteiger partial charge in [0, 0.05) is 17.8 Å². The summed E-state index contributed by atoms with van der Waals surface area (Å²) in [4.78, 5) is 16.9. The monoisotopic (exact) mass is 371 g/mol. The fourth-order valence-corrected chi connectivity index (χ4v) is 3.17. The van der Waals surface area contributed by atoms with E-state index in [9.17, 15) is 15.2 Å². The molecular weight excluding hydrogens is 354 g/mol. The molecule has 1 aliphatic rings. The molecule has 1 atom stereocenters. The molecule has 1 aromatic carbocycles. The van der Waals surface area contributed by atoms with Crippen LogP contribution in [0.1, 0.15) is 29.5 Å². The second-order valence-electron chi connectivity index (χ2n) is 6.14.